The van der Waals surface area contributed by atoms with Gasteiger partial charge in [0.25, 0.3) is 0 Å². The molecule has 1 aliphatic heterocycles. The molecule has 0 radical (unpaired) electrons. The Morgan fingerprint density at radius 3 is 2.58 bits per heavy atom. The van der Waals surface area contributed by atoms with Gasteiger partial charge in [0.1, 0.15) is 5.82 Å². The van der Waals surface area contributed by atoms with Crippen LogP contribution in [0.15, 0.2) is 18.3 Å². The highest BCUT2D eigenvalue weighted by molar-refractivity contribution is 14.1. The first kappa shape index (κ1) is 8.29. The molecular weight excluding hydrogens is 263 g/mol. The van der Waals surface area contributed by atoms with Gasteiger partial charge in [-0.25, -0.2) is 4.98 Å². The standard InChI is InChI=1S/C9H11IN2/c10-8-3-4-9(11-7-8)12-5-1-2-6-12/h3-4,7H,1-2,5-6H2. The van der Waals surface area contributed by atoms with Crippen molar-refractivity contribution in [3.63, 3.8) is 0 Å². The average Bonchev–Trinajstić information content (AvgIpc) is 2.58. The number of nitrogens with zero attached hydrogens (tertiary/aromatic N) is 2. The van der Waals surface area contributed by atoms with Crippen LogP contribution >= 0.6 is 22.6 Å². The van der Waals surface area contributed by atoms with Crippen LogP contribution in [0.2, 0.25) is 0 Å². The van der Waals surface area contributed by atoms with Crippen LogP contribution in [0.1, 0.15) is 12.8 Å². The molecule has 2 nitrogen and oxygen atoms in total. The third-order valence-corrected chi connectivity index (χ3v) is 2.78. The lowest BCUT2D eigenvalue weighted by molar-refractivity contribution is 0.936. The van der Waals surface area contributed by atoms with Crippen molar-refractivity contribution < 1.29 is 0 Å². The van der Waals surface area contributed by atoms with Gasteiger partial charge in [0.15, 0.2) is 0 Å². The van der Waals surface area contributed by atoms with E-state index < -0.39 is 0 Å². The van der Waals surface area contributed by atoms with E-state index in [-0.39, 0.29) is 0 Å². The highest BCUT2D eigenvalue weighted by Gasteiger charge is 2.12. The minimum atomic E-state index is 1.13. The van der Waals surface area contributed by atoms with Crippen molar-refractivity contribution in [1.82, 2.24) is 4.98 Å². The molecule has 1 aromatic heterocycles. The molecular formula is C9H11IN2. The van der Waals surface area contributed by atoms with E-state index in [2.05, 4.69) is 44.6 Å². The van der Waals surface area contributed by atoms with Crippen LogP contribution in [0, 0.1) is 3.57 Å². The summed E-state index contributed by atoms with van der Waals surface area (Å²) in [6.07, 6.45) is 4.55. The monoisotopic (exact) mass is 274 g/mol. The fourth-order valence-corrected chi connectivity index (χ4v) is 1.82. The summed E-state index contributed by atoms with van der Waals surface area (Å²) in [5.41, 5.74) is 0. The van der Waals surface area contributed by atoms with Crippen molar-refractivity contribution in [2.45, 2.75) is 12.8 Å². The fourth-order valence-electron chi connectivity index (χ4n) is 1.50. The largest absolute Gasteiger partial charge is 0.357 e. The Balaban J connectivity index is 2.17. The molecule has 1 aromatic rings. The lowest BCUT2D eigenvalue weighted by Gasteiger charge is -2.15. The molecule has 1 saturated heterocycles. The molecule has 1 fully saturated rings. The molecule has 12 heavy (non-hydrogen) atoms. The normalized spacial score (nSPS) is 16.9. The molecule has 0 unspecified atom stereocenters. The molecule has 0 spiro atoms. The van der Waals surface area contributed by atoms with Gasteiger partial charge in [-0.15, -0.1) is 0 Å². The van der Waals surface area contributed by atoms with Crippen LogP contribution in [0.5, 0.6) is 0 Å². The maximum Gasteiger partial charge on any atom is 0.128 e. The number of rotatable bonds is 1. The fraction of sp³-hybridized carbons (Fsp3) is 0.444. The summed E-state index contributed by atoms with van der Waals surface area (Å²) in [6, 6.07) is 4.22. The van der Waals surface area contributed by atoms with E-state index in [0.29, 0.717) is 0 Å². The Kier molecular flexibility index (Phi) is 2.48. The van der Waals surface area contributed by atoms with Gasteiger partial charge in [0.05, 0.1) is 0 Å². The molecule has 0 aromatic carbocycles. The number of hydrogen-bond donors (Lipinski definition) is 0. The van der Waals surface area contributed by atoms with Gasteiger partial charge in [-0.05, 0) is 47.6 Å². The van der Waals surface area contributed by atoms with Gasteiger partial charge in [-0.3, -0.25) is 0 Å². The van der Waals surface area contributed by atoms with Crippen molar-refractivity contribution in [3.05, 3.63) is 21.9 Å². The van der Waals surface area contributed by atoms with E-state index in [4.69, 9.17) is 0 Å². The molecule has 2 heterocycles. The molecule has 3 heteroatoms. The highest BCUT2D eigenvalue weighted by Crippen LogP contribution is 2.17. The van der Waals surface area contributed by atoms with Crippen molar-refractivity contribution in [1.29, 1.82) is 0 Å². The summed E-state index contributed by atoms with van der Waals surface area (Å²) in [5, 5.41) is 0. The average molecular weight is 274 g/mol. The van der Waals surface area contributed by atoms with Crippen LogP contribution < -0.4 is 4.90 Å². The van der Waals surface area contributed by atoms with E-state index in [1.165, 1.54) is 29.5 Å². The van der Waals surface area contributed by atoms with Gasteiger partial charge >= 0.3 is 0 Å². The van der Waals surface area contributed by atoms with Gasteiger partial charge in [-0.2, -0.15) is 0 Å². The molecule has 64 valence electrons. The first-order valence-corrected chi connectivity index (χ1v) is 5.30. The Bertz CT molecular complexity index is 252. The molecule has 0 N–H and O–H groups in total. The summed E-state index contributed by atoms with van der Waals surface area (Å²) >= 11 is 2.28. The first-order valence-electron chi connectivity index (χ1n) is 4.23. The van der Waals surface area contributed by atoms with Crippen molar-refractivity contribution in [2.24, 2.45) is 0 Å². The highest BCUT2D eigenvalue weighted by atomic mass is 127. The minimum absolute atomic E-state index is 1.13. The molecule has 0 atom stereocenters. The Morgan fingerprint density at radius 1 is 1.25 bits per heavy atom. The predicted octanol–water partition coefficient (Wildman–Crippen LogP) is 2.29. The lowest BCUT2D eigenvalue weighted by atomic mass is 10.4. The zero-order valence-electron chi connectivity index (χ0n) is 6.83. The number of halogens is 1. The summed E-state index contributed by atoms with van der Waals surface area (Å²) in [7, 11) is 0. The third kappa shape index (κ3) is 1.71. The SMILES string of the molecule is Ic1ccc(N2CCCC2)nc1. The molecule has 0 aliphatic carbocycles. The number of pyridine rings is 1. The van der Waals surface area contributed by atoms with Crippen LogP contribution in [-0.2, 0) is 0 Å². The predicted molar refractivity (Wildman–Crippen MR) is 58.4 cm³/mol. The van der Waals surface area contributed by atoms with Gasteiger partial charge in [0.2, 0.25) is 0 Å². The van der Waals surface area contributed by atoms with Gasteiger partial charge < -0.3 is 4.90 Å². The zero-order chi connectivity index (χ0) is 8.39. The van der Waals surface area contributed by atoms with Gasteiger partial charge in [-0.1, -0.05) is 0 Å². The quantitative estimate of drug-likeness (QED) is 0.730. The van der Waals surface area contributed by atoms with Crippen LogP contribution in [0.4, 0.5) is 5.82 Å². The number of hydrogen-bond acceptors (Lipinski definition) is 2. The Morgan fingerprint density at radius 2 is 2.00 bits per heavy atom. The zero-order valence-corrected chi connectivity index (χ0v) is 8.99. The second-order valence-corrected chi connectivity index (χ2v) is 4.27. The molecule has 1 aliphatic rings. The topological polar surface area (TPSA) is 16.1 Å². The maximum atomic E-state index is 4.38. The summed E-state index contributed by atoms with van der Waals surface area (Å²) in [4.78, 5) is 6.72. The molecule has 0 bridgehead atoms. The van der Waals surface area contributed by atoms with E-state index in [0.717, 1.165) is 5.82 Å². The molecule has 0 amide bonds. The van der Waals surface area contributed by atoms with Crippen LogP contribution in [-0.4, -0.2) is 18.1 Å². The van der Waals surface area contributed by atoms with Crippen molar-refractivity contribution >= 4 is 28.4 Å². The van der Waals surface area contributed by atoms with Crippen LogP contribution in [0.3, 0.4) is 0 Å². The van der Waals surface area contributed by atoms with Crippen molar-refractivity contribution in [3.8, 4) is 0 Å². The summed E-state index contributed by atoms with van der Waals surface area (Å²) in [5.74, 6) is 1.13. The maximum absolute atomic E-state index is 4.38. The second kappa shape index (κ2) is 3.60. The first-order chi connectivity index (χ1) is 5.86. The molecule has 2 rings (SSSR count). The Labute approximate surface area is 86.1 Å². The second-order valence-electron chi connectivity index (χ2n) is 3.03. The Hall–Kier alpha value is -0.320. The van der Waals surface area contributed by atoms with E-state index in [1.54, 1.807) is 0 Å². The molecule has 0 saturated carbocycles. The van der Waals surface area contributed by atoms with Crippen LogP contribution in [0.25, 0.3) is 0 Å². The van der Waals surface area contributed by atoms with Gasteiger partial charge in [0, 0.05) is 22.9 Å². The lowest BCUT2D eigenvalue weighted by Crippen LogP contribution is -2.18. The third-order valence-electron chi connectivity index (χ3n) is 2.14. The minimum Gasteiger partial charge on any atom is -0.357 e. The summed E-state index contributed by atoms with van der Waals surface area (Å²) < 4.78 is 1.20. The number of aromatic nitrogens is 1. The van der Waals surface area contributed by atoms with Crippen molar-refractivity contribution in [2.75, 3.05) is 18.0 Å². The summed E-state index contributed by atoms with van der Waals surface area (Å²) in [6.45, 7) is 2.35. The van der Waals surface area contributed by atoms with E-state index in [9.17, 15) is 0 Å². The van der Waals surface area contributed by atoms with E-state index >= 15 is 0 Å². The van der Waals surface area contributed by atoms with E-state index in [1.807, 2.05) is 6.20 Å². The number of anilines is 1. The smallest absolute Gasteiger partial charge is 0.128 e.